The molecule has 0 aliphatic carbocycles. The fraction of sp³-hybridized carbons (Fsp3) is 0.917. The maximum atomic E-state index is 7.55. The van der Waals surface area contributed by atoms with Crippen molar-refractivity contribution in [2.24, 2.45) is 11.7 Å². The van der Waals surface area contributed by atoms with Crippen molar-refractivity contribution in [3.05, 3.63) is 0 Å². The summed E-state index contributed by atoms with van der Waals surface area (Å²) in [6.45, 7) is 11.9. The van der Waals surface area contributed by atoms with Gasteiger partial charge in [-0.25, -0.2) is 0 Å². The molecule has 90 valence electrons. The number of hydrogen-bond acceptors (Lipinski definition) is 2. The molecule has 0 saturated carbocycles. The molecule has 0 fully saturated rings. The van der Waals surface area contributed by atoms with Crippen LogP contribution in [0.15, 0.2) is 0 Å². The van der Waals surface area contributed by atoms with E-state index in [4.69, 9.17) is 11.1 Å². The molecule has 0 amide bonds. The summed E-state index contributed by atoms with van der Waals surface area (Å²) in [6, 6.07) is 0.614. The highest BCUT2D eigenvalue weighted by atomic mass is 15.2. The lowest BCUT2D eigenvalue weighted by Gasteiger charge is -2.36. The molecule has 0 bridgehead atoms. The van der Waals surface area contributed by atoms with Crippen LogP contribution in [-0.2, 0) is 0 Å². The average Bonchev–Trinajstić information content (AvgIpc) is 2.16. The van der Waals surface area contributed by atoms with Crippen molar-refractivity contribution in [1.82, 2.24) is 4.90 Å². The van der Waals surface area contributed by atoms with Crippen LogP contribution in [0.5, 0.6) is 0 Å². The number of nitrogens with zero attached hydrogens (tertiary/aromatic N) is 1. The van der Waals surface area contributed by atoms with Gasteiger partial charge in [-0.3, -0.25) is 10.3 Å². The SMILES string of the molecule is CCC(CC)N(CC(C)C)C(C)C(=N)N. The van der Waals surface area contributed by atoms with Crippen molar-refractivity contribution in [3.63, 3.8) is 0 Å². The number of rotatable bonds is 7. The molecule has 1 atom stereocenters. The van der Waals surface area contributed by atoms with Gasteiger partial charge < -0.3 is 5.73 Å². The van der Waals surface area contributed by atoms with Crippen LogP contribution in [0.25, 0.3) is 0 Å². The van der Waals surface area contributed by atoms with E-state index in [1.807, 2.05) is 6.92 Å². The quantitative estimate of drug-likeness (QED) is 0.504. The number of hydrogen-bond donors (Lipinski definition) is 2. The van der Waals surface area contributed by atoms with Gasteiger partial charge in [0.15, 0.2) is 0 Å². The minimum Gasteiger partial charge on any atom is -0.386 e. The van der Waals surface area contributed by atoms with Crippen LogP contribution in [0.3, 0.4) is 0 Å². The fourth-order valence-corrected chi connectivity index (χ4v) is 1.98. The van der Waals surface area contributed by atoms with Crippen LogP contribution in [0.2, 0.25) is 0 Å². The molecule has 0 aliphatic rings. The highest BCUT2D eigenvalue weighted by Gasteiger charge is 2.23. The molecule has 3 heteroatoms. The molecule has 0 aliphatic heterocycles. The molecule has 0 radical (unpaired) electrons. The van der Waals surface area contributed by atoms with Crippen LogP contribution in [0.1, 0.15) is 47.5 Å². The van der Waals surface area contributed by atoms with Gasteiger partial charge in [-0.05, 0) is 25.7 Å². The Morgan fingerprint density at radius 3 is 1.93 bits per heavy atom. The zero-order chi connectivity index (χ0) is 12.0. The smallest absolute Gasteiger partial charge is 0.108 e. The minimum atomic E-state index is 0.0669. The largest absolute Gasteiger partial charge is 0.386 e. The number of nitrogens with one attached hydrogen (secondary N) is 1. The Morgan fingerprint density at radius 1 is 1.20 bits per heavy atom. The molecule has 0 aromatic heterocycles. The van der Waals surface area contributed by atoms with Gasteiger partial charge in [-0.2, -0.15) is 0 Å². The normalized spacial score (nSPS) is 13.9. The monoisotopic (exact) mass is 213 g/mol. The highest BCUT2D eigenvalue weighted by Crippen LogP contribution is 2.15. The van der Waals surface area contributed by atoms with Crippen LogP contribution in [0, 0.1) is 11.3 Å². The van der Waals surface area contributed by atoms with Crippen molar-refractivity contribution in [2.45, 2.75) is 59.5 Å². The molecule has 1 unspecified atom stereocenters. The van der Waals surface area contributed by atoms with E-state index < -0.39 is 0 Å². The number of amidine groups is 1. The maximum Gasteiger partial charge on any atom is 0.108 e. The summed E-state index contributed by atoms with van der Waals surface area (Å²) in [6.07, 6.45) is 2.25. The summed E-state index contributed by atoms with van der Waals surface area (Å²) in [5, 5.41) is 7.55. The summed E-state index contributed by atoms with van der Waals surface area (Å²) in [7, 11) is 0. The van der Waals surface area contributed by atoms with Crippen molar-refractivity contribution in [3.8, 4) is 0 Å². The molecule has 3 nitrogen and oxygen atoms in total. The Kier molecular flexibility index (Phi) is 6.57. The van der Waals surface area contributed by atoms with Crippen LogP contribution in [0.4, 0.5) is 0 Å². The molecule has 0 saturated heterocycles. The molecule has 0 heterocycles. The Hall–Kier alpha value is -0.570. The van der Waals surface area contributed by atoms with E-state index >= 15 is 0 Å². The van der Waals surface area contributed by atoms with E-state index in [1.165, 1.54) is 0 Å². The molecule has 0 rings (SSSR count). The summed E-state index contributed by atoms with van der Waals surface area (Å²) >= 11 is 0. The predicted octanol–water partition coefficient (Wildman–Crippen LogP) is 2.46. The second-order valence-corrected chi connectivity index (χ2v) is 4.69. The van der Waals surface area contributed by atoms with Gasteiger partial charge in [0.1, 0.15) is 5.84 Å². The molecular weight excluding hydrogens is 186 g/mol. The molecule has 0 aromatic rings. The van der Waals surface area contributed by atoms with Gasteiger partial charge in [-0.15, -0.1) is 0 Å². The molecular formula is C12H27N3. The standard InChI is InChI=1S/C12H27N3/c1-6-11(7-2)15(8-9(3)4)10(5)12(13)14/h9-11H,6-8H2,1-5H3,(H3,13,14). The van der Waals surface area contributed by atoms with Gasteiger partial charge >= 0.3 is 0 Å². The minimum absolute atomic E-state index is 0.0669. The Bertz CT molecular complexity index is 185. The molecule has 3 N–H and O–H groups in total. The molecule has 15 heavy (non-hydrogen) atoms. The zero-order valence-electron chi connectivity index (χ0n) is 10.9. The van der Waals surface area contributed by atoms with E-state index in [0.717, 1.165) is 19.4 Å². The Balaban J connectivity index is 4.61. The summed E-state index contributed by atoms with van der Waals surface area (Å²) < 4.78 is 0. The first-order valence-electron chi connectivity index (χ1n) is 6.03. The third-order valence-electron chi connectivity index (χ3n) is 2.94. The third-order valence-corrected chi connectivity index (χ3v) is 2.94. The van der Waals surface area contributed by atoms with Gasteiger partial charge in [0.25, 0.3) is 0 Å². The Morgan fingerprint density at radius 2 is 1.67 bits per heavy atom. The van der Waals surface area contributed by atoms with Crippen molar-refractivity contribution in [2.75, 3.05) is 6.54 Å². The van der Waals surface area contributed by atoms with E-state index in [-0.39, 0.29) is 11.9 Å². The van der Waals surface area contributed by atoms with Gasteiger partial charge in [-0.1, -0.05) is 27.7 Å². The zero-order valence-corrected chi connectivity index (χ0v) is 10.9. The predicted molar refractivity (Wildman–Crippen MR) is 67.3 cm³/mol. The second-order valence-electron chi connectivity index (χ2n) is 4.69. The van der Waals surface area contributed by atoms with Gasteiger partial charge in [0.05, 0.1) is 6.04 Å². The van der Waals surface area contributed by atoms with E-state index in [9.17, 15) is 0 Å². The first-order chi connectivity index (χ1) is 6.93. The van der Waals surface area contributed by atoms with Gasteiger partial charge in [0.2, 0.25) is 0 Å². The average molecular weight is 213 g/mol. The summed E-state index contributed by atoms with van der Waals surface area (Å²) in [5.74, 6) is 0.898. The second kappa shape index (κ2) is 6.83. The topological polar surface area (TPSA) is 53.1 Å². The Labute approximate surface area is 94.5 Å². The molecule has 0 spiro atoms. The maximum absolute atomic E-state index is 7.55. The lowest BCUT2D eigenvalue weighted by atomic mass is 10.0. The van der Waals surface area contributed by atoms with E-state index in [2.05, 4.69) is 32.6 Å². The fourth-order valence-electron chi connectivity index (χ4n) is 1.98. The van der Waals surface area contributed by atoms with Crippen LogP contribution < -0.4 is 5.73 Å². The van der Waals surface area contributed by atoms with Crippen LogP contribution >= 0.6 is 0 Å². The lowest BCUT2D eigenvalue weighted by Crippen LogP contribution is -2.49. The molecule has 0 aromatic carbocycles. The van der Waals surface area contributed by atoms with Crippen molar-refractivity contribution in [1.29, 1.82) is 5.41 Å². The van der Waals surface area contributed by atoms with Gasteiger partial charge in [0, 0.05) is 12.6 Å². The highest BCUT2D eigenvalue weighted by molar-refractivity contribution is 5.82. The lowest BCUT2D eigenvalue weighted by molar-refractivity contribution is 0.148. The summed E-state index contributed by atoms with van der Waals surface area (Å²) in [4.78, 5) is 2.37. The first kappa shape index (κ1) is 14.4. The van der Waals surface area contributed by atoms with Crippen molar-refractivity contribution >= 4 is 5.84 Å². The number of nitrogens with two attached hydrogens (primary N) is 1. The van der Waals surface area contributed by atoms with E-state index in [1.54, 1.807) is 0 Å². The summed E-state index contributed by atoms with van der Waals surface area (Å²) in [5.41, 5.74) is 5.60. The van der Waals surface area contributed by atoms with E-state index in [0.29, 0.717) is 12.0 Å². The van der Waals surface area contributed by atoms with Crippen molar-refractivity contribution < 1.29 is 0 Å². The first-order valence-corrected chi connectivity index (χ1v) is 6.03. The third kappa shape index (κ3) is 4.65. The van der Waals surface area contributed by atoms with Crippen LogP contribution in [-0.4, -0.2) is 29.4 Å².